The van der Waals surface area contributed by atoms with E-state index in [0.717, 1.165) is 5.56 Å². The molecule has 1 amide bonds. The van der Waals surface area contributed by atoms with Crippen LogP contribution in [0.5, 0.6) is 11.5 Å². The highest BCUT2D eigenvalue weighted by atomic mass is 35.5. The van der Waals surface area contributed by atoms with E-state index in [-0.39, 0.29) is 10.7 Å². The highest BCUT2D eigenvalue weighted by Crippen LogP contribution is 2.31. The number of hydrogen-bond donors (Lipinski definition) is 2. The van der Waals surface area contributed by atoms with Crippen LogP contribution in [0.1, 0.15) is 16.1 Å². The molecule has 3 aromatic rings. The topological polar surface area (TPSA) is 90.1 Å². The van der Waals surface area contributed by atoms with E-state index >= 15 is 0 Å². The number of ether oxygens (including phenoxy) is 1. The van der Waals surface area contributed by atoms with Gasteiger partial charge in [0, 0.05) is 29.3 Å². The summed E-state index contributed by atoms with van der Waals surface area (Å²) in [5, 5.41) is 3.48. The van der Waals surface area contributed by atoms with E-state index in [1.807, 2.05) is 0 Å². The summed E-state index contributed by atoms with van der Waals surface area (Å²) < 4.78 is 19.1. The molecule has 0 fully saturated rings. The highest BCUT2D eigenvalue weighted by molar-refractivity contribution is 6.31. The van der Waals surface area contributed by atoms with E-state index in [9.17, 15) is 9.18 Å². The van der Waals surface area contributed by atoms with Crippen molar-refractivity contribution in [3.63, 3.8) is 0 Å². The number of anilines is 1. The maximum atomic E-state index is 13.3. The Morgan fingerprint density at radius 2 is 1.96 bits per heavy atom. The zero-order valence-corrected chi connectivity index (χ0v) is 15.3. The van der Waals surface area contributed by atoms with Gasteiger partial charge in [-0.1, -0.05) is 29.3 Å². The Morgan fingerprint density at radius 1 is 1.15 bits per heavy atom. The number of aromatic nitrogens is 2. The average molecular weight is 407 g/mol. The minimum Gasteiger partial charge on any atom is -0.457 e. The Kier molecular flexibility index (Phi) is 5.73. The summed E-state index contributed by atoms with van der Waals surface area (Å²) in [6.07, 6.45) is 1.24. The largest absolute Gasteiger partial charge is 0.457 e. The molecule has 9 heteroatoms. The highest BCUT2D eigenvalue weighted by Gasteiger charge is 2.10. The van der Waals surface area contributed by atoms with Crippen molar-refractivity contribution < 1.29 is 13.9 Å². The van der Waals surface area contributed by atoms with Crippen LogP contribution in [0.15, 0.2) is 48.8 Å². The average Bonchev–Trinajstić information content (AvgIpc) is 2.64. The van der Waals surface area contributed by atoms with Gasteiger partial charge in [0.2, 0.25) is 0 Å². The number of nitrogens with one attached hydrogen (secondary N) is 1. The van der Waals surface area contributed by atoms with Crippen molar-refractivity contribution >= 4 is 34.9 Å². The lowest BCUT2D eigenvalue weighted by molar-refractivity contribution is 0.0995. The number of nitrogens with two attached hydrogens (primary N) is 1. The number of amides is 1. The molecule has 0 aliphatic carbocycles. The van der Waals surface area contributed by atoms with E-state index in [0.29, 0.717) is 28.9 Å². The number of nitrogens with zero attached hydrogens (tertiary/aromatic N) is 2. The second kappa shape index (κ2) is 8.20. The molecule has 2 aromatic carbocycles. The second-order valence-corrected chi connectivity index (χ2v) is 6.28. The fourth-order valence-corrected chi connectivity index (χ4v) is 2.54. The van der Waals surface area contributed by atoms with Crippen molar-refractivity contribution in [2.24, 2.45) is 5.73 Å². The van der Waals surface area contributed by atoms with Gasteiger partial charge in [-0.2, -0.15) is 0 Å². The maximum absolute atomic E-state index is 13.3. The number of carbonyl (C=O) groups excluding carboxylic acids is 1. The molecular formula is C18H13Cl2FN4O2. The van der Waals surface area contributed by atoms with Gasteiger partial charge < -0.3 is 15.8 Å². The first-order valence-electron chi connectivity index (χ1n) is 7.69. The molecule has 0 unspecified atom stereocenters. The van der Waals surface area contributed by atoms with Gasteiger partial charge in [-0.3, -0.25) is 4.79 Å². The van der Waals surface area contributed by atoms with Crippen LogP contribution >= 0.6 is 23.2 Å². The van der Waals surface area contributed by atoms with Crippen LogP contribution in [-0.2, 0) is 6.54 Å². The molecule has 0 spiro atoms. The van der Waals surface area contributed by atoms with Gasteiger partial charge in [-0.15, -0.1) is 0 Å². The molecule has 138 valence electrons. The number of rotatable bonds is 6. The van der Waals surface area contributed by atoms with E-state index in [1.54, 1.807) is 18.2 Å². The Labute approximate surface area is 164 Å². The predicted octanol–water partition coefficient (Wildman–Crippen LogP) is 4.43. The summed E-state index contributed by atoms with van der Waals surface area (Å²) in [6.45, 7) is 0.316. The van der Waals surface area contributed by atoms with E-state index in [1.165, 1.54) is 30.6 Å². The molecule has 0 aliphatic rings. The summed E-state index contributed by atoms with van der Waals surface area (Å²) >= 11 is 11.8. The van der Waals surface area contributed by atoms with Gasteiger partial charge in [0.15, 0.2) is 0 Å². The Bertz CT molecular complexity index is 1000. The SMILES string of the molecule is NC(=O)c1cc(NCc2ccc(Cl)cc2Oc2ccc(F)c(Cl)c2)ncn1. The smallest absolute Gasteiger partial charge is 0.267 e. The third kappa shape index (κ3) is 4.84. The zero-order chi connectivity index (χ0) is 19.4. The fourth-order valence-electron chi connectivity index (χ4n) is 2.21. The van der Waals surface area contributed by atoms with Crippen molar-refractivity contribution in [1.29, 1.82) is 0 Å². The predicted molar refractivity (Wildman–Crippen MR) is 101 cm³/mol. The summed E-state index contributed by atoms with van der Waals surface area (Å²) in [5.41, 5.74) is 6.06. The Hall–Kier alpha value is -2.90. The molecule has 0 saturated carbocycles. The molecular weight excluding hydrogens is 394 g/mol. The number of hydrogen-bond acceptors (Lipinski definition) is 5. The first-order valence-corrected chi connectivity index (χ1v) is 8.45. The van der Waals surface area contributed by atoms with Crippen LogP contribution in [-0.4, -0.2) is 15.9 Å². The van der Waals surface area contributed by atoms with Gasteiger partial charge in [-0.05, 0) is 24.3 Å². The zero-order valence-electron chi connectivity index (χ0n) is 13.7. The minimum atomic E-state index is -0.649. The minimum absolute atomic E-state index is 0.0471. The lowest BCUT2D eigenvalue weighted by atomic mass is 10.2. The third-order valence-corrected chi connectivity index (χ3v) is 4.05. The quantitative estimate of drug-likeness (QED) is 0.631. The molecule has 0 saturated heterocycles. The van der Waals surface area contributed by atoms with Gasteiger partial charge >= 0.3 is 0 Å². The summed E-state index contributed by atoms with van der Waals surface area (Å²) in [5.74, 6) is 0.0597. The molecule has 0 bridgehead atoms. The van der Waals surface area contributed by atoms with Gasteiger partial charge in [-0.25, -0.2) is 14.4 Å². The van der Waals surface area contributed by atoms with Crippen molar-refractivity contribution in [3.8, 4) is 11.5 Å². The molecule has 1 heterocycles. The number of primary amides is 1. The van der Waals surface area contributed by atoms with Crippen molar-refractivity contribution in [3.05, 3.63) is 75.9 Å². The van der Waals surface area contributed by atoms with E-state index < -0.39 is 11.7 Å². The fraction of sp³-hybridized carbons (Fsp3) is 0.0556. The van der Waals surface area contributed by atoms with Crippen LogP contribution in [0, 0.1) is 5.82 Å². The molecule has 0 radical (unpaired) electrons. The first kappa shape index (κ1) is 18.9. The maximum Gasteiger partial charge on any atom is 0.267 e. The van der Waals surface area contributed by atoms with Crippen molar-refractivity contribution in [2.45, 2.75) is 6.54 Å². The summed E-state index contributed by atoms with van der Waals surface area (Å²) in [7, 11) is 0. The lowest BCUT2D eigenvalue weighted by Crippen LogP contribution is -2.14. The summed E-state index contributed by atoms with van der Waals surface area (Å²) in [4.78, 5) is 19.0. The van der Waals surface area contributed by atoms with Gasteiger partial charge in [0.05, 0.1) is 5.02 Å². The Morgan fingerprint density at radius 3 is 2.70 bits per heavy atom. The van der Waals surface area contributed by atoms with Gasteiger partial charge in [0.1, 0.15) is 35.2 Å². The number of benzene rings is 2. The molecule has 27 heavy (non-hydrogen) atoms. The van der Waals surface area contributed by atoms with Crippen molar-refractivity contribution in [1.82, 2.24) is 9.97 Å². The van der Waals surface area contributed by atoms with Crippen LogP contribution in [0.2, 0.25) is 10.0 Å². The molecule has 6 nitrogen and oxygen atoms in total. The van der Waals surface area contributed by atoms with Crippen LogP contribution in [0.4, 0.5) is 10.2 Å². The number of carbonyl (C=O) groups is 1. The molecule has 3 N–H and O–H groups in total. The van der Waals surface area contributed by atoms with Crippen LogP contribution < -0.4 is 15.8 Å². The van der Waals surface area contributed by atoms with Gasteiger partial charge in [0.25, 0.3) is 5.91 Å². The standard InChI is InChI=1S/C18H13Cl2FN4O2/c19-11-2-1-10(8-23-17-7-15(18(22)26)24-9-25-17)16(5-11)27-12-3-4-14(21)13(20)6-12/h1-7,9H,8H2,(H2,22,26)(H,23,24,25). The molecule has 3 rings (SSSR count). The third-order valence-electron chi connectivity index (χ3n) is 3.53. The Balaban J connectivity index is 1.80. The van der Waals surface area contributed by atoms with Crippen LogP contribution in [0.3, 0.4) is 0 Å². The van der Waals surface area contributed by atoms with Crippen LogP contribution in [0.25, 0.3) is 0 Å². The lowest BCUT2D eigenvalue weighted by Gasteiger charge is -2.13. The monoisotopic (exact) mass is 406 g/mol. The molecule has 0 aliphatic heterocycles. The number of halogens is 3. The van der Waals surface area contributed by atoms with E-state index in [4.69, 9.17) is 33.7 Å². The van der Waals surface area contributed by atoms with E-state index in [2.05, 4.69) is 15.3 Å². The molecule has 0 atom stereocenters. The normalized spacial score (nSPS) is 10.5. The molecule has 1 aromatic heterocycles. The van der Waals surface area contributed by atoms with Crippen molar-refractivity contribution in [2.75, 3.05) is 5.32 Å². The second-order valence-electron chi connectivity index (χ2n) is 5.44. The first-order chi connectivity index (χ1) is 12.9. The summed E-state index contributed by atoms with van der Waals surface area (Å²) in [6, 6.07) is 10.6.